The lowest BCUT2D eigenvalue weighted by Gasteiger charge is -2.37. The van der Waals surface area contributed by atoms with Crippen LogP contribution in [0, 0.1) is 11.6 Å². The van der Waals surface area contributed by atoms with E-state index >= 15 is 4.39 Å². The van der Waals surface area contributed by atoms with Crippen LogP contribution in [0.4, 0.5) is 37.7 Å². The summed E-state index contributed by atoms with van der Waals surface area (Å²) in [5.74, 6) is -4.59. The molecule has 6 nitrogen and oxygen atoms in total. The summed E-state index contributed by atoms with van der Waals surface area (Å²) in [7, 11) is 0. The maximum absolute atomic E-state index is 15.6. The molecule has 0 aliphatic carbocycles. The van der Waals surface area contributed by atoms with Crippen molar-refractivity contribution in [2.75, 3.05) is 23.4 Å². The van der Waals surface area contributed by atoms with Crippen LogP contribution in [-0.2, 0) is 11.8 Å². The van der Waals surface area contributed by atoms with Gasteiger partial charge >= 0.3 is 6.18 Å². The molecule has 212 valence electrons. The molecule has 2 amide bonds. The zero-order valence-electron chi connectivity index (χ0n) is 20.6. The van der Waals surface area contributed by atoms with Gasteiger partial charge in [0.05, 0.1) is 29.1 Å². The molecule has 0 fully saturated rings. The van der Waals surface area contributed by atoms with Crippen LogP contribution in [0.15, 0.2) is 54.6 Å². The van der Waals surface area contributed by atoms with Gasteiger partial charge in [0, 0.05) is 29.1 Å². The lowest BCUT2D eigenvalue weighted by molar-refractivity contribution is -0.137. The number of hydrogen-bond donors (Lipinski definition) is 3. The van der Waals surface area contributed by atoms with E-state index in [9.17, 15) is 41.8 Å². The van der Waals surface area contributed by atoms with Gasteiger partial charge in [-0.3, -0.25) is 9.59 Å². The minimum absolute atomic E-state index is 0.0101. The first-order chi connectivity index (χ1) is 18.6. The molecule has 3 aromatic rings. The molecule has 0 saturated carbocycles. The van der Waals surface area contributed by atoms with Gasteiger partial charge in [-0.15, -0.1) is 0 Å². The van der Waals surface area contributed by atoms with Crippen molar-refractivity contribution in [3.63, 3.8) is 0 Å². The smallest absolute Gasteiger partial charge is 0.393 e. The fourth-order valence-corrected chi connectivity index (χ4v) is 4.68. The molecule has 2 atom stereocenters. The highest BCUT2D eigenvalue weighted by atomic mass is 35.5. The second kappa shape index (κ2) is 10.4. The maximum atomic E-state index is 15.6. The van der Waals surface area contributed by atoms with Gasteiger partial charge in [0.2, 0.25) is 0 Å². The van der Waals surface area contributed by atoms with Crippen molar-refractivity contribution in [3.05, 3.63) is 93.5 Å². The molecule has 4 rings (SSSR count). The second-order valence-corrected chi connectivity index (χ2v) is 9.86. The number of halogens is 7. The van der Waals surface area contributed by atoms with Crippen molar-refractivity contribution < 1.29 is 46.1 Å². The second-order valence-electron chi connectivity index (χ2n) is 9.42. The van der Waals surface area contributed by atoms with E-state index in [1.54, 1.807) is 0 Å². The van der Waals surface area contributed by atoms with Gasteiger partial charge < -0.3 is 20.4 Å². The molecule has 0 radical (unpaired) electrons. The molecule has 0 saturated heterocycles. The van der Waals surface area contributed by atoms with E-state index in [0.717, 1.165) is 24.0 Å². The SMILES string of the molecule is CC1(F)CCN(C(=O)c2ccc(NC(=O)c3cc(F)ccc3C(F)(F)F)c(F)c2)c2ccc(Cl)cc2[C@@]1(O)CO. The first kappa shape index (κ1) is 29.4. The number of carbonyl (C=O) groups is 2. The van der Waals surface area contributed by atoms with Crippen molar-refractivity contribution in [1.82, 2.24) is 0 Å². The van der Waals surface area contributed by atoms with E-state index in [-0.39, 0.29) is 28.4 Å². The average Bonchev–Trinajstić information content (AvgIpc) is 2.96. The van der Waals surface area contributed by atoms with Crippen LogP contribution in [0.3, 0.4) is 0 Å². The van der Waals surface area contributed by atoms with Crippen LogP contribution >= 0.6 is 11.6 Å². The zero-order chi connectivity index (χ0) is 29.6. The predicted molar refractivity (Wildman–Crippen MR) is 134 cm³/mol. The molecular weight excluding hydrogens is 566 g/mol. The Balaban J connectivity index is 1.66. The van der Waals surface area contributed by atoms with E-state index < -0.39 is 70.7 Å². The van der Waals surface area contributed by atoms with Crippen molar-refractivity contribution in [1.29, 1.82) is 0 Å². The number of rotatable bonds is 4. The minimum Gasteiger partial charge on any atom is -0.393 e. The Bertz CT molecular complexity index is 1500. The number of anilines is 2. The summed E-state index contributed by atoms with van der Waals surface area (Å²) in [6.45, 7) is -0.260. The number of fused-ring (bicyclic) bond motifs is 1. The number of amides is 2. The third-order valence-electron chi connectivity index (χ3n) is 6.83. The standard InChI is InChI=1S/C27H21ClF6N2O4/c1-25(31)8-9-36(22-7-3-15(28)11-19(22)26(25,40)13-37)24(39)14-2-6-21(20(30)10-14)35-23(38)17-12-16(29)4-5-18(17)27(32,33)34/h2-7,10-12,37,40H,8-9,13H2,1H3,(H,35,38)/t25?,26-/m0/s1. The van der Waals surface area contributed by atoms with Gasteiger partial charge in [0.25, 0.3) is 11.8 Å². The molecule has 1 aliphatic rings. The van der Waals surface area contributed by atoms with Gasteiger partial charge in [0.15, 0.2) is 0 Å². The molecule has 1 unspecified atom stereocenters. The van der Waals surface area contributed by atoms with Gasteiger partial charge in [-0.05, 0) is 61.5 Å². The number of alkyl halides is 4. The van der Waals surface area contributed by atoms with Crippen LogP contribution in [0.2, 0.25) is 5.02 Å². The highest BCUT2D eigenvalue weighted by Gasteiger charge is 2.52. The molecule has 3 N–H and O–H groups in total. The Hall–Kier alpha value is -3.61. The average molecular weight is 587 g/mol. The Morgan fingerprint density at radius 2 is 1.77 bits per heavy atom. The van der Waals surface area contributed by atoms with Gasteiger partial charge in [-0.25, -0.2) is 13.2 Å². The van der Waals surface area contributed by atoms with Crippen LogP contribution < -0.4 is 10.2 Å². The molecule has 0 aromatic heterocycles. The number of benzene rings is 3. The molecule has 1 aliphatic heterocycles. The monoisotopic (exact) mass is 586 g/mol. The summed E-state index contributed by atoms with van der Waals surface area (Å²) < 4.78 is 83.9. The van der Waals surface area contributed by atoms with Crippen LogP contribution in [0.5, 0.6) is 0 Å². The molecule has 0 bridgehead atoms. The highest BCUT2D eigenvalue weighted by molar-refractivity contribution is 6.30. The van der Waals surface area contributed by atoms with E-state index in [1.807, 2.05) is 5.32 Å². The number of aliphatic hydroxyl groups is 2. The van der Waals surface area contributed by atoms with E-state index in [2.05, 4.69) is 0 Å². The largest absolute Gasteiger partial charge is 0.417 e. The molecule has 40 heavy (non-hydrogen) atoms. The summed E-state index contributed by atoms with van der Waals surface area (Å²) in [5.41, 5.74) is -8.36. The quantitative estimate of drug-likeness (QED) is 0.335. The van der Waals surface area contributed by atoms with Gasteiger partial charge in [-0.2, -0.15) is 13.2 Å². The summed E-state index contributed by atoms with van der Waals surface area (Å²) in [6.07, 6.45) is -5.41. The highest BCUT2D eigenvalue weighted by Crippen LogP contribution is 2.46. The van der Waals surface area contributed by atoms with Gasteiger partial charge in [-0.1, -0.05) is 11.6 Å². The van der Waals surface area contributed by atoms with E-state index in [1.165, 1.54) is 18.2 Å². The molecule has 3 aromatic carbocycles. The van der Waals surface area contributed by atoms with Crippen molar-refractivity contribution in [3.8, 4) is 0 Å². The van der Waals surface area contributed by atoms with Crippen LogP contribution in [-0.4, -0.2) is 40.8 Å². The summed E-state index contributed by atoms with van der Waals surface area (Å²) in [5, 5.41) is 23.0. The van der Waals surface area contributed by atoms with Crippen LogP contribution in [0.1, 0.15) is 45.2 Å². The summed E-state index contributed by atoms with van der Waals surface area (Å²) >= 11 is 6.03. The first-order valence-corrected chi connectivity index (χ1v) is 12.1. The number of nitrogens with one attached hydrogen (secondary N) is 1. The van der Waals surface area contributed by atoms with E-state index in [4.69, 9.17) is 11.6 Å². The maximum Gasteiger partial charge on any atom is 0.417 e. The first-order valence-electron chi connectivity index (χ1n) is 11.7. The van der Waals surface area contributed by atoms with Gasteiger partial charge in [0.1, 0.15) is 22.9 Å². The Kier molecular flexibility index (Phi) is 7.65. The number of hydrogen-bond acceptors (Lipinski definition) is 4. The molecule has 1 heterocycles. The number of carbonyl (C=O) groups excluding carboxylic acids is 2. The lowest BCUT2D eigenvalue weighted by atomic mass is 9.79. The van der Waals surface area contributed by atoms with Crippen molar-refractivity contribution in [2.24, 2.45) is 0 Å². The predicted octanol–water partition coefficient (Wildman–Crippen LogP) is 5.85. The summed E-state index contributed by atoms with van der Waals surface area (Å²) in [6, 6.07) is 7.90. The molecule has 13 heteroatoms. The third-order valence-corrected chi connectivity index (χ3v) is 7.07. The number of nitrogens with zero attached hydrogens (tertiary/aromatic N) is 1. The minimum atomic E-state index is -4.99. The van der Waals surface area contributed by atoms with Crippen molar-refractivity contribution >= 4 is 34.8 Å². The van der Waals surface area contributed by atoms with Crippen molar-refractivity contribution in [2.45, 2.75) is 30.8 Å². The topological polar surface area (TPSA) is 89.9 Å². The van der Waals surface area contributed by atoms with E-state index in [0.29, 0.717) is 24.3 Å². The third kappa shape index (κ3) is 5.26. The van der Waals surface area contributed by atoms with Crippen LogP contribution in [0.25, 0.3) is 0 Å². The molecular formula is C27H21ClF6N2O4. The zero-order valence-corrected chi connectivity index (χ0v) is 21.4. The Morgan fingerprint density at radius 1 is 1.07 bits per heavy atom. The Morgan fingerprint density at radius 3 is 2.40 bits per heavy atom. The fourth-order valence-electron chi connectivity index (χ4n) is 4.51. The lowest BCUT2D eigenvalue weighted by Crippen LogP contribution is -2.49. The summed E-state index contributed by atoms with van der Waals surface area (Å²) in [4.78, 5) is 27.0. The molecule has 0 spiro atoms. The Labute approximate surface area is 228 Å². The normalized spacial score (nSPS) is 21.0. The number of aliphatic hydroxyl groups excluding tert-OH is 1. The fraction of sp³-hybridized carbons (Fsp3) is 0.259.